The van der Waals surface area contributed by atoms with Crippen LogP contribution >= 0.6 is 11.3 Å². The molecule has 2 N–H and O–H groups in total. The van der Waals surface area contributed by atoms with Gasteiger partial charge >= 0.3 is 0 Å². The van der Waals surface area contributed by atoms with Crippen LogP contribution in [0.3, 0.4) is 0 Å². The van der Waals surface area contributed by atoms with Gasteiger partial charge in [0.1, 0.15) is 4.21 Å². The topological polar surface area (TPSA) is 58.2 Å². The maximum atomic E-state index is 12.0. The van der Waals surface area contributed by atoms with Crippen molar-refractivity contribution in [3.05, 3.63) is 17.0 Å². The Kier molecular flexibility index (Phi) is 5.00. The van der Waals surface area contributed by atoms with Crippen molar-refractivity contribution in [2.75, 3.05) is 13.1 Å². The summed E-state index contributed by atoms with van der Waals surface area (Å²) < 4.78 is 27.2. The third-order valence-electron chi connectivity index (χ3n) is 3.08. The summed E-state index contributed by atoms with van der Waals surface area (Å²) in [4.78, 5) is 1.11. The van der Waals surface area contributed by atoms with Gasteiger partial charge in [0.2, 0.25) is 10.0 Å². The second-order valence-corrected chi connectivity index (χ2v) is 8.54. The third-order valence-corrected chi connectivity index (χ3v) is 6.15. The lowest BCUT2D eigenvalue weighted by Gasteiger charge is -2.06. The Morgan fingerprint density at radius 2 is 2.11 bits per heavy atom. The first-order chi connectivity index (χ1) is 8.97. The zero-order valence-corrected chi connectivity index (χ0v) is 13.1. The zero-order chi connectivity index (χ0) is 13.9. The molecular weight excluding hydrogens is 280 g/mol. The molecule has 1 aromatic heterocycles. The normalized spacial score (nSPS) is 16.2. The van der Waals surface area contributed by atoms with E-state index < -0.39 is 10.0 Å². The van der Waals surface area contributed by atoms with Crippen LogP contribution in [0.1, 0.15) is 31.6 Å². The summed E-state index contributed by atoms with van der Waals surface area (Å²) in [5.74, 6) is 0.560. The molecule has 0 bridgehead atoms. The molecule has 6 heteroatoms. The molecule has 19 heavy (non-hydrogen) atoms. The van der Waals surface area contributed by atoms with Crippen molar-refractivity contribution in [3.63, 3.8) is 0 Å². The number of nitrogens with one attached hydrogen (secondary N) is 2. The highest BCUT2D eigenvalue weighted by Crippen LogP contribution is 2.29. The van der Waals surface area contributed by atoms with Gasteiger partial charge in [-0.2, -0.15) is 0 Å². The summed E-state index contributed by atoms with van der Waals surface area (Å²) in [6.07, 6.45) is 3.18. The summed E-state index contributed by atoms with van der Waals surface area (Å²) in [6, 6.07) is 4.09. The van der Waals surface area contributed by atoms with Gasteiger partial charge in [0, 0.05) is 24.0 Å². The van der Waals surface area contributed by atoms with Crippen LogP contribution in [0, 0.1) is 5.92 Å². The number of sulfonamides is 1. The van der Waals surface area contributed by atoms with Crippen LogP contribution in [0.15, 0.2) is 16.3 Å². The van der Waals surface area contributed by atoms with Crippen LogP contribution < -0.4 is 10.0 Å². The van der Waals surface area contributed by atoms with Crippen molar-refractivity contribution in [1.82, 2.24) is 10.0 Å². The Morgan fingerprint density at radius 3 is 2.74 bits per heavy atom. The van der Waals surface area contributed by atoms with E-state index in [1.165, 1.54) is 11.3 Å². The van der Waals surface area contributed by atoms with Crippen molar-refractivity contribution in [2.45, 2.75) is 43.4 Å². The maximum Gasteiger partial charge on any atom is 0.250 e. The highest BCUT2D eigenvalue weighted by Gasteiger charge is 2.24. The van der Waals surface area contributed by atoms with E-state index in [9.17, 15) is 8.42 Å². The van der Waals surface area contributed by atoms with Crippen molar-refractivity contribution < 1.29 is 8.42 Å². The fraction of sp³-hybridized carbons (Fsp3) is 0.692. The predicted molar refractivity (Wildman–Crippen MR) is 79.1 cm³/mol. The van der Waals surface area contributed by atoms with Crippen molar-refractivity contribution in [2.24, 2.45) is 5.92 Å². The second kappa shape index (κ2) is 6.35. The highest BCUT2D eigenvalue weighted by atomic mass is 32.2. The average Bonchev–Trinajstić information content (AvgIpc) is 3.04. The molecule has 108 valence electrons. The van der Waals surface area contributed by atoms with Crippen LogP contribution in [0.5, 0.6) is 0 Å². The van der Waals surface area contributed by atoms with E-state index in [1.54, 1.807) is 6.07 Å². The largest absolute Gasteiger partial charge is 0.314 e. The molecular formula is C13H22N2O2S2. The molecule has 2 rings (SSSR count). The molecule has 0 amide bonds. The van der Waals surface area contributed by atoms with Gasteiger partial charge in [-0.3, -0.25) is 0 Å². The summed E-state index contributed by atoms with van der Waals surface area (Å²) in [5, 5.41) is 3.33. The van der Waals surface area contributed by atoms with Crippen LogP contribution in [-0.4, -0.2) is 27.5 Å². The lowest BCUT2D eigenvalue weighted by atomic mass is 10.3. The van der Waals surface area contributed by atoms with Gasteiger partial charge in [-0.15, -0.1) is 11.3 Å². The first kappa shape index (κ1) is 15.0. The molecule has 0 radical (unpaired) electrons. The van der Waals surface area contributed by atoms with Crippen LogP contribution in [-0.2, 0) is 16.4 Å². The maximum absolute atomic E-state index is 12.0. The molecule has 4 nitrogen and oxygen atoms in total. The fourth-order valence-electron chi connectivity index (χ4n) is 1.74. The standard InChI is InChI=1S/C13H22N2O2S2/c1-10(2)14-8-7-12-5-6-13(18-12)19(16,17)15-9-11-3-4-11/h5-6,10-11,14-15H,3-4,7-9H2,1-2H3. The van der Waals surface area contributed by atoms with E-state index in [1.807, 2.05) is 6.07 Å². The molecule has 0 aromatic carbocycles. The monoisotopic (exact) mass is 302 g/mol. The predicted octanol–water partition coefficient (Wildman–Crippen LogP) is 1.98. The van der Waals surface area contributed by atoms with Crippen LogP contribution in [0.4, 0.5) is 0 Å². The Hall–Kier alpha value is -0.430. The minimum Gasteiger partial charge on any atom is -0.314 e. The first-order valence-corrected chi connectivity index (χ1v) is 9.09. The summed E-state index contributed by atoms with van der Waals surface area (Å²) in [7, 11) is -3.29. The third kappa shape index (κ3) is 4.87. The molecule has 1 aliphatic rings. The zero-order valence-electron chi connectivity index (χ0n) is 11.5. The second-order valence-electron chi connectivity index (χ2n) is 5.37. The molecule has 0 aliphatic heterocycles. The molecule has 1 heterocycles. The Labute approximate surface area is 119 Å². The van der Waals surface area contributed by atoms with E-state index in [2.05, 4.69) is 23.9 Å². The lowest BCUT2D eigenvalue weighted by molar-refractivity contribution is 0.579. The molecule has 1 aliphatic carbocycles. The molecule has 0 unspecified atom stereocenters. The van der Waals surface area contributed by atoms with Gasteiger partial charge in [0.15, 0.2) is 0 Å². The number of hydrogen-bond acceptors (Lipinski definition) is 4. The van der Waals surface area contributed by atoms with Crippen LogP contribution in [0.25, 0.3) is 0 Å². The quantitative estimate of drug-likeness (QED) is 0.772. The number of hydrogen-bond donors (Lipinski definition) is 2. The van der Waals surface area contributed by atoms with Gasteiger partial charge in [-0.25, -0.2) is 13.1 Å². The number of rotatable bonds is 8. The fourth-order valence-corrected chi connectivity index (χ4v) is 4.26. The summed E-state index contributed by atoms with van der Waals surface area (Å²) >= 11 is 1.37. The lowest BCUT2D eigenvalue weighted by Crippen LogP contribution is -2.25. The molecule has 0 spiro atoms. The Morgan fingerprint density at radius 1 is 1.37 bits per heavy atom. The molecule has 1 saturated carbocycles. The summed E-state index contributed by atoms with van der Waals surface area (Å²) in [5.41, 5.74) is 0. The van der Waals surface area contributed by atoms with E-state index in [-0.39, 0.29) is 0 Å². The van der Waals surface area contributed by atoms with E-state index in [4.69, 9.17) is 0 Å². The Balaban J connectivity index is 1.87. The van der Waals surface area contributed by atoms with Crippen molar-refractivity contribution >= 4 is 21.4 Å². The molecule has 0 saturated heterocycles. The van der Waals surface area contributed by atoms with Crippen LogP contribution in [0.2, 0.25) is 0 Å². The van der Waals surface area contributed by atoms with Gasteiger partial charge in [0.05, 0.1) is 0 Å². The molecule has 0 atom stereocenters. The minimum atomic E-state index is -3.29. The van der Waals surface area contributed by atoms with Gasteiger partial charge in [-0.05, 0) is 37.3 Å². The summed E-state index contributed by atoms with van der Waals surface area (Å²) in [6.45, 7) is 5.68. The average molecular weight is 302 g/mol. The number of thiophene rings is 1. The van der Waals surface area contributed by atoms with E-state index in [0.29, 0.717) is 22.7 Å². The highest BCUT2D eigenvalue weighted by molar-refractivity contribution is 7.91. The molecule has 1 fully saturated rings. The molecule has 1 aromatic rings. The first-order valence-electron chi connectivity index (χ1n) is 6.79. The minimum absolute atomic E-state index is 0.438. The van der Waals surface area contributed by atoms with E-state index in [0.717, 1.165) is 30.7 Å². The smallest absolute Gasteiger partial charge is 0.250 e. The van der Waals surface area contributed by atoms with Gasteiger partial charge in [0.25, 0.3) is 0 Å². The van der Waals surface area contributed by atoms with Crippen molar-refractivity contribution in [1.29, 1.82) is 0 Å². The van der Waals surface area contributed by atoms with Crippen molar-refractivity contribution in [3.8, 4) is 0 Å². The van der Waals surface area contributed by atoms with Gasteiger partial charge in [-0.1, -0.05) is 13.8 Å². The van der Waals surface area contributed by atoms with Gasteiger partial charge < -0.3 is 5.32 Å². The SMILES string of the molecule is CC(C)NCCc1ccc(S(=O)(=O)NCC2CC2)s1. The Bertz CT molecular complexity index is 504. The van der Waals surface area contributed by atoms with E-state index >= 15 is 0 Å².